The van der Waals surface area contributed by atoms with Crippen LogP contribution in [0.2, 0.25) is 0 Å². The second kappa shape index (κ2) is 7.94. The molecule has 3 heterocycles. The number of aromatic nitrogens is 2. The predicted octanol–water partition coefficient (Wildman–Crippen LogP) is 3.56. The Morgan fingerprint density at radius 3 is 2.68 bits per heavy atom. The normalized spacial score (nSPS) is 16.2. The summed E-state index contributed by atoms with van der Waals surface area (Å²) in [6, 6.07) is 12.9. The maximum Gasteiger partial charge on any atom is 0.271 e. The first-order valence-corrected chi connectivity index (χ1v) is 12.1. The third-order valence-electron chi connectivity index (χ3n) is 5.70. The van der Waals surface area contributed by atoms with E-state index >= 15 is 0 Å². The molecule has 2 aromatic carbocycles. The van der Waals surface area contributed by atoms with Crippen molar-refractivity contribution in [3.05, 3.63) is 85.4 Å². The zero-order valence-electron chi connectivity index (χ0n) is 17.8. The van der Waals surface area contributed by atoms with Crippen LogP contribution in [0.3, 0.4) is 0 Å². The Bertz CT molecular complexity index is 1550. The van der Waals surface area contributed by atoms with E-state index in [-0.39, 0.29) is 5.56 Å². The molecule has 4 aromatic rings. The van der Waals surface area contributed by atoms with E-state index in [0.717, 1.165) is 21.4 Å². The Morgan fingerprint density at radius 1 is 1.06 bits per heavy atom. The Balaban J connectivity index is 1.80. The molecule has 0 atom stereocenters. The SMILES string of the molecule is CCn1c(=Cc2sc3c4ccccc4ccc3[n+]2CC)sc(=C2C=CC=CN2C)c1=O. The van der Waals surface area contributed by atoms with E-state index in [1.54, 1.807) is 22.7 Å². The molecule has 0 radical (unpaired) electrons. The third kappa shape index (κ3) is 3.27. The fourth-order valence-electron chi connectivity index (χ4n) is 4.12. The van der Waals surface area contributed by atoms with Gasteiger partial charge in [-0.05, 0) is 37.5 Å². The second-order valence-corrected chi connectivity index (χ2v) is 9.54. The van der Waals surface area contributed by atoms with E-state index in [1.165, 1.54) is 26.0 Å². The van der Waals surface area contributed by atoms with Gasteiger partial charge < -0.3 is 4.90 Å². The molecular weight excluding hydrogens is 422 g/mol. The van der Waals surface area contributed by atoms with Crippen LogP contribution in [0.5, 0.6) is 0 Å². The molecule has 4 nitrogen and oxygen atoms in total. The first kappa shape index (κ1) is 20.0. The number of thiazole rings is 2. The lowest BCUT2D eigenvalue weighted by atomic mass is 10.1. The highest BCUT2D eigenvalue weighted by Gasteiger charge is 2.20. The van der Waals surface area contributed by atoms with Gasteiger partial charge in [0.15, 0.2) is 0 Å². The molecule has 0 fully saturated rings. The summed E-state index contributed by atoms with van der Waals surface area (Å²) in [5.41, 5.74) is 2.27. The van der Waals surface area contributed by atoms with E-state index in [9.17, 15) is 4.79 Å². The van der Waals surface area contributed by atoms with E-state index in [1.807, 2.05) is 47.9 Å². The molecule has 5 rings (SSSR count). The Kier molecular flexibility index (Phi) is 5.12. The minimum absolute atomic E-state index is 0.0789. The summed E-state index contributed by atoms with van der Waals surface area (Å²) < 4.78 is 7.30. The van der Waals surface area contributed by atoms with Crippen LogP contribution < -0.4 is 19.3 Å². The highest BCUT2D eigenvalue weighted by Crippen LogP contribution is 2.29. The van der Waals surface area contributed by atoms with Gasteiger partial charge in [0.05, 0.1) is 11.8 Å². The smallest absolute Gasteiger partial charge is 0.271 e. The monoisotopic (exact) mass is 446 g/mol. The predicted molar refractivity (Wildman–Crippen MR) is 132 cm³/mol. The van der Waals surface area contributed by atoms with Gasteiger partial charge in [-0.1, -0.05) is 41.7 Å². The Morgan fingerprint density at radius 2 is 1.90 bits per heavy atom. The van der Waals surface area contributed by atoms with Crippen LogP contribution in [-0.2, 0) is 13.1 Å². The van der Waals surface area contributed by atoms with Crippen LogP contribution >= 0.6 is 22.7 Å². The molecule has 31 heavy (non-hydrogen) atoms. The molecule has 0 N–H and O–H groups in total. The summed E-state index contributed by atoms with van der Waals surface area (Å²) in [6.45, 7) is 5.74. The van der Waals surface area contributed by atoms with E-state index in [4.69, 9.17) is 0 Å². The van der Waals surface area contributed by atoms with E-state index in [0.29, 0.717) is 6.54 Å². The number of aryl methyl sites for hydroxylation is 1. The lowest BCUT2D eigenvalue weighted by Gasteiger charge is -2.16. The lowest BCUT2D eigenvalue weighted by molar-refractivity contribution is -0.665. The van der Waals surface area contributed by atoms with Crippen molar-refractivity contribution in [1.82, 2.24) is 9.47 Å². The van der Waals surface area contributed by atoms with Crippen molar-refractivity contribution in [3.8, 4) is 0 Å². The van der Waals surface area contributed by atoms with Gasteiger partial charge in [0.2, 0.25) is 5.52 Å². The van der Waals surface area contributed by atoms with E-state index in [2.05, 4.69) is 54.0 Å². The van der Waals surface area contributed by atoms with Crippen molar-refractivity contribution in [2.24, 2.45) is 0 Å². The molecule has 0 saturated carbocycles. The number of likely N-dealkylation sites (N-methyl/N-ethyl adjacent to an activating group) is 1. The van der Waals surface area contributed by atoms with Crippen molar-refractivity contribution >= 4 is 55.4 Å². The Labute approximate surface area is 188 Å². The van der Waals surface area contributed by atoms with Gasteiger partial charge >= 0.3 is 0 Å². The van der Waals surface area contributed by atoms with Crippen LogP contribution in [0.4, 0.5) is 0 Å². The maximum absolute atomic E-state index is 13.2. The van der Waals surface area contributed by atoms with Crippen molar-refractivity contribution in [2.75, 3.05) is 7.05 Å². The molecule has 0 saturated heterocycles. The van der Waals surface area contributed by atoms with Crippen LogP contribution in [-0.4, -0.2) is 16.5 Å². The standard InChI is InChI=1S/C25H24N3OS2/c1-4-27-20-14-13-17-10-6-7-11-18(17)23(20)30-21(27)16-22-28(5-2)25(29)24(31-22)19-12-8-9-15-26(19)3/h6-16H,4-5H2,1-3H3/q+1. The lowest BCUT2D eigenvalue weighted by Crippen LogP contribution is -2.35. The summed E-state index contributed by atoms with van der Waals surface area (Å²) in [6.07, 6.45) is 10.1. The zero-order chi connectivity index (χ0) is 21.5. The fraction of sp³-hybridized carbons (Fsp3) is 0.200. The summed E-state index contributed by atoms with van der Waals surface area (Å²) >= 11 is 3.37. The van der Waals surface area contributed by atoms with Crippen LogP contribution in [0, 0.1) is 0 Å². The highest BCUT2D eigenvalue weighted by molar-refractivity contribution is 7.20. The van der Waals surface area contributed by atoms with Crippen LogP contribution in [0.15, 0.2) is 65.6 Å². The second-order valence-electron chi connectivity index (χ2n) is 7.48. The quantitative estimate of drug-likeness (QED) is 0.451. The number of fused-ring (bicyclic) bond motifs is 3. The van der Waals surface area contributed by atoms with E-state index < -0.39 is 0 Å². The van der Waals surface area contributed by atoms with Crippen molar-refractivity contribution in [3.63, 3.8) is 0 Å². The molecule has 0 aliphatic carbocycles. The van der Waals surface area contributed by atoms with Gasteiger partial charge in [0, 0.05) is 31.2 Å². The average Bonchev–Trinajstić information content (AvgIpc) is 3.30. The molecule has 2 aromatic heterocycles. The van der Waals surface area contributed by atoms with Crippen molar-refractivity contribution < 1.29 is 4.57 Å². The molecule has 0 spiro atoms. The minimum atomic E-state index is 0.0789. The van der Waals surface area contributed by atoms with Crippen molar-refractivity contribution in [1.29, 1.82) is 0 Å². The molecule has 0 amide bonds. The van der Waals surface area contributed by atoms with Gasteiger partial charge in [0.1, 0.15) is 20.4 Å². The zero-order valence-corrected chi connectivity index (χ0v) is 19.5. The molecule has 0 unspecified atom stereocenters. The van der Waals surface area contributed by atoms with Gasteiger partial charge in [-0.25, -0.2) is 0 Å². The topological polar surface area (TPSA) is 29.1 Å². The van der Waals surface area contributed by atoms with Crippen LogP contribution in [0.25, 0.3) is 32.8 Å². The molecule has 6 heteroatoms. The largest absolute Gasteiger partial charge is 0.350 e. The molecule has 0 bridgehead atoms. The van der Waals surface area contributed by atoms with Crippen LogP contribution in [0.1, 0.15) is 18.9 Å². The number of hydrogen-bond donors (Lipinski definition) is 0. The number of hydrogen-bond acceptors (Lipinski definition) is 4. The maximum atomic E-state index is 13.2. The number of rotatable bonds is 3. The molecule has 1 aliphatic heterocycles. The van der Waals surface area contributed by atoms with Gasteiger partial charge in [-0.15, -0.1) is 11.3 Å². The highest BCUT2D eigenvalue weighted by atomic mass is 32.1. The molecular formula is C25H24N3OS2+. The summed E-state index contributed by atoms with van der Waals surface area (Å²) in [5.74, 6) is 0. The number of allylic oxidation sites excluding steroid dienone is 2. The Hall–Kier alpha value is -2.96. The summed E-state index contributed by atoms with van der Waals surface area (Å²) in [7, 11) is 1.98. The van der Waals surface area contributed by atoms with Gasteiger partial charge in [-0.2, -0.15) is 4.57 Å². The summed E-state index contributed by atoms with van der Waals surface area (Å²) in [4.78, 5) is 15.2. The molecule has 156 valence electrons. The number of benzene rings is 2. The first-order valence-electron chi connectivity index (χ1n) is 10.5. The number of nitrogens with zero attached hydrogens (tertiary/aromatic N) is 3. The minimum Gasteiger partial charge on any atom is -0.350 e. The molecule has 1 aliphatic rings. The van der Waals surface area contributed by atoms with Gasteiger partial charge in [0.25, 0.3) is 10.6 Å². The first-order chi connectivity index (χ1) is 15.1. The fourth-order valence-corrected chi connectivity index (χ4v) is 6.71. The third-order valence-corrected chi connectivity index (χ3v) is 8.02. The summed E-state index contributed by atoms with van der Waals surface area (Å²) in [5, 5.41) is 3.70. The van der Waals surface area contributed by atoms with Crippen molar-refractivity contribution in [2.45, 2.75) is 26.9 Å². The van der Waals surface area contributed by atoms with Gasteiger partial charge in [-0.3, -0.25) is 9.36 Å². The average molecular weight is 447 g/mol.